The summed E-state index contributed by atoms with van der Waals surface area (Å²) in [5.41, 5.74) is 1.95. The molecule has 0 bridgehead atoms. The number of ether oxygens (including phenoxy) is 1. The van der Waals surface area contributed by atoms with Crippen LogP contribution in [0.1, 0.15) is 17.5 Å². The Morgan fingerprint density at radius 3 is 2.39 bits per heavy atom. The number of hydrogen-bond donors (Lipinski definition) is 2. The Morgan fingerprint density at radius 2 is 1.68 bits per heavy atom. The number of rotatable bonds is 10. The predicted molar refractivity (Wildman–Crippen MR) is 115 cm³/mol. The van der Waals surface area contributed by atoms with Crippen LogP contribution in [0.3, 0.4) is 0 Å². The summed E-state index contributed by atoms with van der Waals surface area (Å²) in [6.45, 7) is 1.24. The third-order valence-electron chi connectivity index (χ3n) is 4.26. The number of sulfone groups is 1. The molecular formula is C21H29N3O3S. The molecule has 0 fully saturated rings. The van der Waals surface area contributed by atoms with E-state index in [2.05, 4.69) is 15.6 Å². The molecule has 0 aromatic heterocycles. The van der Waals surface area contributed by atoms with E-state index in [0.717, 1.165) is 23.3 Å². The lowest BCUT2D eigenvalue weighted by molar-refractivity contribution is 0.409. The Bertz CT molecular complexity index is 852. The van der Waals surface area contributed by atoms with Crippen LogP contribution in [0.4, 0.5) is 0 Å². The highest BCUT2D eigenvalue weighted by Gasteiger charge is 2.11. The normalized spacial score (nSPS) is 11.9. The van der Waals surface area contributed by atoms with Crippen molar-refractivity contribution in [3.8, 4) is 5.75 Å². The molecule has 7 heteroatoms. The van der Waals surface area contributed by atoms with Gasteiger partial charge in [0.15, 0.2) is 15.8 Å². The number of nitrogens with one attached hydrogen (secondary N) is 2. The van der Waals surface area contributed by atoms with Gasteiger partial charge in [0.2, 0.25) is 0 Å². The van der Waals surface area contributed by atoms with E-state index in [9.17, 15) is 8.42 Å². The number of methoxy groups -OCH3 is 1. The van der Waals surface area contributed by atoms with E-state index in [1.807, 2.05) is 54.6 Å². The maximum absolute atomic E-state index is 12.2. The molecule has 0 heterocycles. The van der Waals surface area contributed by atoms with Gasteiger partial charge in [0, 0.05) is 20.1 Å². The van der Waals surface area contributed by atoms with Crippen molar-refractivity contribution in [2.75, 3.05) is 33.0 Å². The van der Waals surface area contributed by atoms with Crippen molar-refractivity contribution in [3.05, 3.63) is 65.7 Å². The summed E-state index contributed by atoms with van der Waals surface area (Å²) in [7, 11) is 0.250. The van der Waals surface area contributed by atoms with E-state index in [1.165, 1.54) is 0 Å². The number of guanidine groups is 1. The van der Waals surface area contributed by atoms with Crippen LogP contribution in [-0.4, -0.2) is 47.4 Å². The quantitative estimate of drug-likeness (QED) is 0.362. The number of nitrogens with zero attached hydrogens (tertiary/aromatic N) is 1. The van der Waals surface area contributed by atoms with Gasteiger partial charge in [-0.25, -0.2) is 8.42 Å². The van der Waals surface area contributed by atoms with Gasteiger partial charge < -0.3 is 15.4 Å². The van der Waals surface area contributed by atoms with Crippen molar-refractivity contribution in [3.63, 3.8) is 0 Å². The fourth-order valence-corrected chi connectivity index (χ4v) is 4.27. The third-order valence-corrected chi connectivity index (χ3v) is 5.94. The summed E-state index contributed by atoms with van der Waals surface area (Å²) >= 11 is 0. The molecule has 152 valence electrons. The van der Waals surface area contributed by atoms with Crippen LogP contribution < -0.4 is 15.4 Å². The first-order chi connectivity index (χ1) is 13.5. The minimum absolute atomic E-state index is 0.0831. The maximum Gasteiger partial charge on any atom is 0.190 e. The number of para-hydroxylation sites is 1. The molecule has 6 nitrogen and oxygen atoms in total. The van der Waals surface area contributed by atoms with Gasteiger partial charge in [-0.1, -0.05) is 48.5 Å². The van der Waals surface area contributed by atoms with Gasteiger partial charge >= 0.3 is 0 Å². The van der Waals surface area contributed by atoms with Gasteiger partial charge in [0.05, 0.1) is 18.6 Å². The SMILES string of the molecule is CN=C(NCCCS(=O)(=O)Cc1ccccc1)NCCc1ccccc1OC. The molecule has 0 aliphatic heterocycles. The Morgan fingerprint density at radius 1 is 1.00 bits per heavy atom. The molecule has 2 N–H and O–H groups in total. The summed E-state index contributed by atoms with van der Waals surface area (Å²) in [6, 6.07) is 17.2. The van der Waals surface area contributed by atoms with Crippen molar-refractivity contribution in [2.24, 2.45) is 4.99 Å². The van der Waals surface area contributed by atoms with Gasteiger partial charge in [-0.05, 0) is 30.0 Å². The number of aliphatic imine (C=N–C) groups is 1. The zero-order chi connectivity index (χ0) is 20.2. The van der Waals surface area contributed by atoms with Gasteiger partial charge in [0.1, 0.15) is 5.75 Å². The third kappa shape index (κ3) is 7.60. The van der Waals surface area contributed by atoms with Gasteiger partial charge in [0.25, 0.3) is 0 Å². The van der Waals surface area contributed by atoms with E-state index < -0.39 is 9.84 Å². The smallest absolute Gasteiger partial charge is 0.190 e. The molecular weight excluding hydrogens is 374 g/mol. The van der Waals surface area contributed by atoms with Crippen LogP contribution in [0.15, 0.2) is 59.6 Å². The lowest BCUT2D eigenvalue weighted by Gasteiger charge is -2.13. The highest BCUT2D eigenvalue weighted by atomic mass is 32.2. The Labute approximate surface area is 168 Å². The molecule has 0 unspecified atom stereocenters. The van der Waals surface area contributed by atoms with Gasteiger partial charge in [-0.3, -0.25) is 4.99 Å². The fraction of sp³-hybridized carbons (Fsp3) is 0.381. The standard InChI is InChI=1S/C21H29N3O3S/c1-22-21(24-15-13-19-11-6-7-12-20(19)27-2)23-14-8-16-28(25,26)17-18-9-4-3-5-10-18/h3-7,9-12H,8,13-17H2,1-2H3,(H2,22,23,24). The summed E-state index contributed by atoms with van der Waals surface area (Å²) < 4.78 is 29.8. The monoisotopic (exact) mass is 403 g/mol. The molecule has 0 aliphatic rings. The van der Waals surface area contributed by atoms with Crippen molar-refractivity contribution in [2.45, 2.75) is 18.6 Å². The van der Waals surface area contributed by atoms with Crippen molar-refractivity contribution < 1.29 is 13.2 Å². The van der Waals surface area contributed by atoms with Crippen molar-refractivity contribution in [1.82, 2.24) is 10.6 Å². The highest BCUT2D eigenvalue weighted by molar-refractivity contribution is 7.90. The molecule has 0 saturated heterocycles. The lowest BCUT2D eigenvalue weighted by Crippen LogP contribution is -2.39. The second-order valence-electron chi connectivity index (χ2n) is 6.42. The maximum atomic E-state index is 12.2. The van der Waals surface area contributed by atoms with E-state index in [-0.39, 0.29) is 11.5 Å². The average molecular weight is 404 g/mol. The van der Waals surface area contributed by atoms with Crippen molar-refractivity contribution >= 4 is 15.8 Å². The Balaban J connectivity index is 1.69. The second kappa shape index (κ2) is 11.3. The predicted octanol–water partition coefficient (Wildman–Crippen LogP) is 2.41. The molecule has 0 radical (unpaired) electrons. The van der Waals surface area contributed by atoms with Gasteiger partial charge in [-0.15, -0.1) is 0 Å². The highest BCUT2D eigenvalue weighted by Crippen LogP contribution is 2.17. The minimum Gasteiger partial charge on any atom is -0.496 e. The average Bonchev–Trinajstić information content (AvgIpc) is 2.70. The zero-order valence-electron chi connectivity index (χ0n) is 16.5. The van der Waals surface area contributed by atoms with Crippen LogP contribution in [0.25, 0.3) is 0 Å². The first-order valence-corrected chi connectivity index (χ1v) is 11.2. The molecule has 2 aromatic carbocycles. The molecule has 0 amide bonds. The first kappa shape index (κ1) is 21.8. The zero-order valence-corrected chi connectivity index (χ0v) is 17.3. The fourth-order valence-electron chi connectivity index (χ4n) is 2.84. The molecule has 2 rings (SSSR count). The first-order valence-electron chi connectivity index (χ1n) is 9.35. The van der Waals surface area contributed by atoms with Crippen LogP contribution in [0.2, 0.25) is 0 Å². The summed E-state index contributed by atoms with van der Waals surface area (Å²) in [5.74, 6) is 1.76. The summed E-state index contributed by atoms with van der Waals surface area (Å²) in [6.07, 6.45) is 1.33. The van der Waals surface area contributed by atoms with E-state index >= 15 is 0 Å². The minimum atomic E-state index is -3.11. The van der Waals surface area contributed by atoms with E-state index in [1.54, 1.807) is 14.2 Å². The molecule has 28 heavy (non-hydrogen) atoms. The molecule has 0 atom stereocenters. The summed E-state index contributed by atoms with van der Waals surface area (Å²) in [4.78, 5) is 4.18. The largest absolute Gasteiger partial charge is 0.496 e. The van der Waals surface area contributed by atoms with E-state index in [4.69, 9.17) is 4.74 Å². The van der Waals surface area contributed by atoms with Crippen LogP contribution in [0, 0.1) is 0 Å². The Kier molecular flexibility index (Phi) is 8.81. The second-order valence-corrected chi connectivity index (χ2v) is 8.60. The lowest BCUT2D eigenvalue weighted by atomic mass is 10.1. The molecule has 2 aromatic rings. The molecule has 0 spiro atoms. The number of hydrogen-bond acceptors (Lipinski definition) is 4. The number of benzene rings is 2. The van der Waals surface area contributed by atoms with Crippen molar-refractivity contribution in [1.29, 1.82) is 0 Å². The molecule has 0 saturated carbocycles. The Hall–Kier alpha value is -2.54. The summed E-state index contributed by atoms with van der Waals surface area (Å²) in [5, 5.41) is 6.40. The van der Waals surface area contributed by atoms with E-state index in [0.29, 0.717) is 25.5 Å². The van der Waals surface area contributed by atoms with Crippen LogP contribution in [0.5, 0.6) is 5.75 Å². The van der Waals surface area contributed by atoms with Crippen LogP contribution in [-0.2, 0) is 22.0 Å². The topological polar surface area (TPSA) is 79.8 Å². The van der Waals surface area contributed by atoms with Crippen LogP contribution >= 0.6 is 0 Å². The van der Waals surface area contributed by atoms with Gasteiger partial charge in [-0.2, -0.15) is 0 Å². The molecule has 0 aliphatic carbocycles.